The third-order valence-corrected chi connectivity index (χ3v) is 4.13. The van der Waals surface area contributed by atoms with Gasteiger partial charge in [0.05, 0.1) is 11.4 Å². The average Bonchev–Trinajstić information content (AvgIpc) is 3.08. The predicted octanol–water partition coefficient (Wildman–Crippen LogP) is 2.21. The summed E-state index contributed by atoms with van der Waals surface area (Å²) >= 11 is 1.22. The molecule has 0 atom stereocenters. The Kier molecular flexibility index (Phi) is 5.17. The van der Waals surface area contributed by atoms with Gasteiger partial charge >= 0.3 is 0 Å². The number of amides is 1. The van der Waals surface area contributed by atoms with Gasteiger partial charge in [0, 0.05) is 12.1 Å². The minimum absolute atomic E-state index is 0.141. The molecule has 24 heavy (non-hydrogen) atoms. The Balaban J connectivity index is 1.56. The van der Waals surface area contributed by atoms with Crippen molar-refractivity contribution >= 4 is 17.7 Å². The van der Waals surface area contributed by atoms with Crippen LogP contribution in [0.5, 0.6) is 0 Å². The third-order valence-electron chi connectivity index (χ3n) is 3.21. The van der Waals surface area contributed by atoms with Crippen molar-refractivity contribution in [1.29, 1.82) is 0 Å². The van der Waals surface area contributed by atoms with Gasteiger partial charge < -0.3 is 5.32 Å². The monoisotopic (exact) mass is 343 g/mol. The first-order chi connectivity index (χ1) is 11.7. The predicted molar refractivity (Wildman–Crippen MR) is 88.1 cm³/mol. The summed E-state index contributed by atoms with van der Waals surface area (Å²) in [6, 6.07) is 15.8. The van der Waals surface area contributed by atoms with E-state index in [1.807, 2.05) is 30.3 Å². The topological polar surface area (TPSA) is 72.7 Å². The van der Waals surface area contributed by atoms with Gasteiger partial charge in [-0.1, -0.05) is 48.2 Å². The number of carbonyl (C=O) groups is 1. The molecule has 3 rings (SSSR count). The molecule has 0 aliphatic carbocycles. The highest BCUT2D eigenvalue weighted by atomic mass is 32.2. The van der Waals surface area contributed by atoms with Crippen molar-refractivity contribution in [1.82, 2.24) is 25.5 Å². The molecule has 8 heteroatoms. The van der Waals surface area contributed by atoms with Crippen LogP contribution in [0.4, 0.5) is 4.39 Å². The van der Waals surface area contributed by atoms with Crippen LogP contribution in [0.15, 0.2) is 59.8 Å². The fourth-order valence-corrected chi connectivity index (χ4v) is 2.74. The van der Waals surface area contributed by atoms with Crippen molar-refractivity contribution in [2.45, 2.75) is 11.7 Å². The number of halogens is 1. The Bertz CT molecular complexity index is 824. The lowest BCUT2D eigenvalue weighted by Crippen LogP contribution is -2.25. The molecule has 0 saturated heterocycles. The molecule has 1 N–H and O–H groups in total. The quantitative estimate of drug-likeness (QED) is 0.695. The molecule has 122 valence electrons. The van der Waals surface area contributed by atoms with E-state index in [1.54, 1.807) is 22.9 Å². The van der Waals surface area contributed by atoms with E-state index in [1.165, 1.54) is 17.8 Å². The van der Waals surface area contributed by atoms with Crippen LogP contribution >= 0.6 is 11.8 Å². The van der Waals surface area contributed by atoms with Crippen molar-refractivity contribution in [3.05, 3.63) is 66.0 Å². The summed E-state index contributed by atoms with van der Waals surface area (Å²) in [5, 5.41) is 14.7. The van der Waals surface area contributed by atoms with E-state index < -0.39 is 0 Å². The normalized spacial score (nSPS) is 10.5. The fraction of sp³-hybridized carbons (Fsp3) is 0.125. The Morgan fingerprint density at radius 1 is 1.12 bits per heavy atom. The Morgan fingerprint density at radius 2 is 1.88 bits per heavy atom. The number of nitrogens with zero attached hydrogens (tertiary/aromatic N) is 4. The highest BCUT2D eigenvalue weighted by Crippen LogP contribution is 2.17. The van der Waals surface area contributed by atoms with Crippen LogP contribution in [0.25, 0.3) is 5.69 Å². The van der Waals surface area contributed by atoms with Crippen LogP contribution in [-0.2, 0) is 11.3 Å². The molecule has 0 aliphatic rings. The molecular formula is C16H14FN5OS. The molecule has 3 aromatic rings. The molecule has 6 nitrogen and oxygen atoms in total. The SMILES string of the molecule is O=C(CSc1nnnn1-c1ccccc1)NCc1ccccc1F. The number of tetrazole rings is 1. The zero-order valence-corrected chi connectivity index (χ0v) is 13.4. The minimum atomic E-state index is -0.335. The van der Waals surface area contributed by atoms with E-state index in [-0.39, 0.29) is 24.0 Å². The zero-order chi connectivity index (χ0) is 16.8. The van der Waals surface area contributed by atoms with E-state index in [4.69, 9.17) is 0 Å². The molecule has 1 heterocycles. The first kappa shape index (κ1) is 16.1. The van der Waals surface area contributed by atoms with E-state index in [0.717, 1.165) is 5.69 Å². The molecule has 1 amide bonds. The first-order valence-corrected chi connectivity index (χ1v) is 8.19. The smallest absolute Gasteiger partial charge is 0.230 e. The molecule has 0 aliphatic heterocycles. The summed E-state index contributed by atoms with van der Waals surface area (Å²) in [4.78, 5) is 11.9. The maximum atomic E-state index is 13.5. The Labute approximate surface area is 142 Å². The molecule has 0 saturated carbocycles. The van der Waals surface area contributed by atoms with Crippen LogP contribution in [0, 0.1) is 5.82 Å². The van der Waals surface area contributed by atoms with E-state index in [2.05, 4.69) is 20.8 Å². The van der Waals surface area contributed by atoms with Crippen molar-refractivity contribution in [3.63, 3.8) is 0 Å². The lowest BCUT2D eigenvalue weighted by Gasteiger charge is -2.06. The number of benzene rings is 2. The molecule has 0 unspecified atom stereocenters. The number of para-hydroxylation sites is 1. The minimum Gasteiger partial charge on any atom is -0.351 e. The van der Waals surface area contributed by atoms with Gasteiger partial charge in [-0.3, -0.25) is 4.79 Å². The summed E-state index contributed by atoms with van der Waals surface area (Å²) in [5.41, 5.74) is 1.27. The number of nitrogens with one attached hydrogen (secondary N) is 1. The number of hydrogen-bond donors (Lipinski definition) is 1. The van der Waals surface area contributed by atoms with E-state index in [9.17, 15) is 9.18 Å². The first-order valence-electron chi connectivity index (χ1n) is 7.21. The fourth-order valence-electron chi connectivity index (χ4n) is 2.02. The summed E-state index contributed by atoms with van der Waals surface area (Å²) in [5.74, 6) is -0.411. The number of thioether (sulfide) groups is 1. The largest absolute Gasteiger partial charge is 0.351 e. The van der Waals surface area contributed by atoms with E-state index in [0.29, 0.717) is 10.7 Å². The second-order valence-corrected chi connectivity index (χ2v) is 5.81. The zero-order valence-electron chi connectivity index (χ0n) is 12.6. The molecule has 0 fully saturated rings. The Morgan fingerprint density at radius 3 is 2.67 bits per heavy atom. The van der Waals surface area contributed by atoms with Gasteiger partial charge in [-0.25, -0.2) is 4.39 Å². The maximum Gasteiger partial charge on any atom is 0.230 e. The van der Waals surface area contributed by atoms with Crippen LogP contribution in [0.1, 0.15) is 5.56 Å². The number of carbonyl (C=O) groups excluding carboxylic acids is 1. The van der Waals surface area contributed by atoms with E-state index >= 15 is 0 Å². The summed E-state index contributed by atoms with van der Waals surface area (Å²) < 4.78 is 15.1. The molecular weight excluding hydrogens is 329 g/mol. The van der Waals surface area contributed by atoms with Crippen molar-refractivity contribution in [2.75, 3.05) is 5.75 Å². The molecule has 0 spiro atoms. The average molecular weight is 343 g/mol. The highest BCUT2D eigenvalue weighted by molar-refractivity contribution is 7.99. The lowest BCUT2D eigenvalue weighted by atomic mass is 10.2. The van der Waals surface area contributed by atoms with Gasteiger partial charge in [-0.2, -0.15) is 4.68 Å². The van der Waals surface area contributed by atoms with Crippen LogP contribution in [-0.4, -0.2) is 31.9 Å². The summed E-state index contributed by atoms with van der Waals surface area (Å²) in [6.07, 6.45) is 0. The second kappa shape index (κ2) is 7.69. The maximum absolute atomic E-state index is 13.5. The number of aromatic nitrogens is 4. The standard InChI is InChI=1S/C16H14FN5OS/c17-14-9-5-4-6-12(14)10-18-15(23)11-24-16-19-20-21-22(16)13-7-2-1-3-8-13/h1-9H,10-11H2,(H,18,23). The third kappa shape index (κ3) is 3.96. The molecule has 1 aromatic heterocycles. The lowest BCUT2D eigenvalue weighted by molar-refractivity contribution is -0.118. The Hall–Kier alpha value is -2.74. The van der Waals surface area contributed by atoms with Crippen molar-refractivity contribution in [2.24, 2.45) is 0 Å². The van der Waals surface area contributed by atoms with Crippen LogP contribution in [0.3, 0.4) is 0 Å². The van der Waals surface area contributed by atoms with Crippen molar-refractivity contribution < 1.29 is 9.18 Å². The number of hydrogen-bond acceptors (Lipinski definition) is 5. The van der Waals surface area contributed by atoms with Gasteiger partial charge in [-0.05, 0) is 28.6 Å². The number of rotatable bonds is 6. The summed E-state index contributed by atoms with van der Waals surface area (Å²) in [6.45, 7) is 0.149. The molecule has 0 bridgehead atoms. The van der Waals surface area contributed by atoms with Crippen LogP contribution < -0.4 is 5.32 Å². The van der Waals surface area contributed by atoms with Gasteiger partial charge in [0.2, 0.25) is 11.1 Å². The van der Waals surface area contributed by atoms with Crippen LogP contribution in [0.2, 0.25) is 0 Å². The van der Waals surface area contributed by atoms with Gasteiger partial charge in [0.25, 0.3) is 0 Å². The molecule has 0 radical (unpaired) electrons. The van der Waals surface area contributed by atoms with Gasteiger partial charge in [0.15, 0.2) is 0 Å². The highest BCUT2D eigenvalue weighted by Gasteiger charge is 2.11. The second-order valence-electron chi connectivity index (χ2n) is 4.87. The summed E-state index contributed by atoms with van der Waals surface area (Å²) in [7, 11) is 0. The van der Waals surface area contributed by atoms with Crippen molar-refractivity contribution in [3.8, 4) is 5.69 Å². The van der Waals surface area contributed by atoms with Gasteiger partial charge in [-0.15, -0.1) is 5.10 Å². The molecule has 2 aromatic carbocycles. The van der Waals surface area contributed by atoms with Gasteiger partial charge in [0.1, 0.15) is 5.82 Å².